The van der Waals surface area contributed by atoms with Crippen LogP contribution in [0.15, 0.2) is 24.4 Å². The highest BCUT2D eigenvalue weighted by atomic mass is 19.1. The quantitative estimate of drug-likeness (QED) is 0.692. The number of nitrogens with two attached hydrogens (primary N) is 1. The second-order valence-electron chi connectivity index (χ2n) is 9.87. The first-order valence-electron chi connectivity index (χ1n) is 11.5. The van der Waals surface area contributed by atoms with Crippen LogP contribution in [0.3, 0.4) is 0 Å². The summed E-state index contributed by atoms with van der Waals surface area (Å²) in [6.45, 7) is 7.39. The van der Waals surface area contributed by atoms with E-state index in [-0.39, 0.29) is 36.3 Å². The number of fused-ring (bicyclic) bond motifs is 1. The number of amides is 3. The molecule has 0 spiro atoms. The predicted octanol–water partition coefficient (Wildman–Crippen LogP) is 4.29. The number of aryl methyl sites for hydroxylation is 1. The molecule has 0 unspecified atom stereocenters. The number of hydrogen-bond acceptors (Lipinski definition) is 6. The Morgan fingerprint density at radius 1 is 1.24 bits per heavy atom. The van der Waals surface area contributed by atoms with Crippen molar-refractivity contribution in [3.05, 3.63) is 41.3 Å². The maximum absolute atomic E-state index is 14.8. The van der Waals surface area contributed by atoms with Gasteiger partial charge in [0.05, 0.1) is 12.2 Å². The van der Waals surface area contributed by atoms with Gasteiger partial charge in [0, 0.05) is 23.8 Å². The third-order valence-corrected chi connectivity index (χ3v) is 6.10. The van der Waals surface area contributed by atoms with Crippen molar-refractivity contribution < 1.29 is 18.7 Å². The number of nitrogens with zero attached hydrogens (tertiary/aromatic N) is 4. The number of aromatic nitrogens is 2. The van der Waals surface area contributed by atoms with Crippen molar-refractivity contribution in [2.75, 3.05) is 15.5 Å². The predicted molar refractivity (Wildman–Crippen MR) is 127 cm³/mol. The van der Waals surface area contributed by atoms with Crippen molar-refractivity contribution in [1.29, 1.82) is 0 Å². The molecule has 0 saturated heterocycles. The fraction of sp³-hybridized carbons (Fsp3) is 0.500. The van der Waals surface area contributed by atoms with Crippen LogP contribution in [0.5, 0.6) is 0 Å². The van der Waals surface area contributed by atoms with Crippen LogP contribution in [-0.4, -0.2) is 39.8 Å². The fourth-order valence-electron chi connectivity index (χ4n) is 4.61. The van der Waals surface area contributed by atoms with Gasteiger partial charge in [-0.1, -0.05) is 12.1 Å². The standard InChI is InChI=1S/C24H31FN6O3/c1-14-6-5-7-18(25)19(14)30-13-15-12-27-21(26)29-20(15)31(23(30)33)17-10-8-16(9-11-17)28-22(32)34-24(2,3)4/h5-7,12,16-17H,8-11,13H2,1-4H3,(H,28,32)(H2,26,27,29)/t16-,17-. The van der Waals surface area contributed by atoms with Gasteiger partial charge in [0.2, 0.25) is 5.95 Å². The smallest absolute Gasteiger partial charge is 0.407 e. The third kappa shape index (κ3) is 4.90. The van der Waals surface area contributed by atoms with Gasteiger partial charge in [-0.25, -0.2) is 19.0 Å². The average molecular weight is 471 g/mol. The molecule has 0 bridgehead atoms. The molecule has 0 radical (unpaired) electrons. The van der Waals surface area contributed by atoms with E-state index in [1.54, 1.807) is 30.2 Å². The van der Waals surface area contributed by atoms with E-state index in [1.807, 2.05) is 20.8 Å². The van der Waals surface area contributed by atoms with Crippen molar-refractivity contribution in [1.82, 2.24) is 15.3 Å². The molecule has 3 N–H and O–H groups in total. The van der Waals surface area contributed by atoms with Crippen LogP contribution in [-0.2, 0) is 11.3 Å². The first kappa shape index (κ1) is 23.7. The van der Waals surface area contributed by atoms with Gasteiger partial charge in [-0.2, -0.15) is 4.98 Å². The van der Waals surface area contributed by atoms with Crippen molar-refractivity contribution in [3.8, 4) is 0 Å². The number of carbonyl (C=O) groups excluding carboxylic acids is 2. The molecule has 1 aromatic heterocycles. The number of ether oxygens (including phenoxy) is 1. The summed E-state index contributed by atoms with van der Waals surface area (Å²) < 4.78 is 20.2. The average Bonchev–Trinajstić information content (AvgIpc) is 2.74. The SMILES string of the molecule is Cc1cccc(F)c1N1Cc2cnc(N)nc2N([C@H]2CC[C@H](NC(=O)OC(C)(C)C)CC2)C1=O. The summed E-state index contributed by atoms with van der Waals surface area (Å²) in [6.07, 6.45) is 3.76. The minimum atomic E-state index is -0.570. The molecular weight excluding hydrogens is 439 g/mol. The minimum absolute atomic E-state index is 0.0501. The molecule has 182 valence electrons. The van der Waals surface area contributed by atoms with Gasteiger partial charge < -0.3 is 15.8 Å². The molecule has 10 heteroatoms. The second-order valence-corrected chi connectivity index (χ2v) is 9.87. The molecule has 3 amide bonds. The summed E-state index contributed by atoms with van der Waals surface area (Å²) in [7, 11) is 0. The maximum Gasteiger partial charge on any atom is 0.407 e. The van der Waals surface area contributed by atoms with Crippen molar-refractivity contribution >= 4 is 29.6 Å². The number of urea groups is 1. The van der Waals surface area contributed by atoms with E-state index >= 15 is 0 Å². The molecule has 1 aliphatic carbocycles. The van der Waals surface area contributed by atoms with Crippen LogP contribution in [0.25, 0.3) is 0 Å². The molecule has 34 heavy (non-hydrogen) atoms. The Morgan fingerprint density at radius 3 is 2.59 bits per heavy atom. The number of hydrogen-bond donors (Lipinski definition) is 2. The van der Waals surface area contributed by atoms with Crippen LogP contribution in [0.2, 0.25) is 0 Å². The zero-order valence-electron chi connectivity index (χ0n) is 20.0. The van der Waals surface area contributed by atoms with Crippen molar-refractivity contribution in [2.45, 2.75) is 77.6 Å². The van der Waals surface area contributed by atoms with Gasteiger partial charge in [0.25, 0.3) is 0 Å². The summed E-state index contributed by atoms with van der Waals surface area (Å²) >= 11 is 0. The van der Waals surface area contributed by atoms with Gasteiger partial charge in [-0.05, 0) is 65.0 Å². The summed E-state index contributed by atoms with van der Waals surface area (Å²) in [4.78, 5) is 37.4. The monoisotopic (exact) mass is 470 g/mol. The Hall–Kier alpha value is -3.43. The lowest BCUT2D eigenvalue weighted by Crippen LogP contribution is -2.54. The van der Waals surface area contributed by atoms with Crippen LogP contribution in [0, 0.1) is 12.7 Å². The van der Waals surface area contributed by atoms with E-state index in [0.29, 0.717) is 42.6 Å². The lowest BCUT2D eigenvalue weighted by molar-refractivity contribution is 0.0491. The molecule has 1 aliphatic heterocycles. The number of nitrogen functional groups attached to an aromatic ring is 1. The Labute approximate surface area is 198 Å². The molecule has 2 aliphatic rings. The lowest BCUT2D eigenvalue weighted by Gasteiger charge is -2.42. The molecule has 4 rings (SSSR count). The summed E-state index contributed by atoms with van der Waals surface area (Å²) in [6, 6.07) is 4.18. The molecule has 1 fully saturated rings. The maximum atomic E-state index is 14.8. The summed E-state index contributed by atoms with van der Waals surface area (Å²) in [5.74, 6) is 0.0806. The number of halogens is 1. The highest BCUT2D eigenvalue weighted by Crippen LogP contribution is 2.37. The molecule has 1 aromatic carbocycles. The van der Waals surface area contributed by atoms with Crippen LogP contribution in [0.1, 0.15) is 57.6 Å². The van der Waals surface area contributed by atoms with E-state index < -0.39 is 17.5 Å². The second kappa shape index (κ2) is 9.08. The van der Waals surface area contributed by atoms with Crippen LogP contribution < -0.4 is 20.9 Å². The zero-order chi connectivity index (χ0) is 24.6. The number of para-hydroxylation sites is 1. The Morgan fingerprint density at radius 2 is 1.94 bits per heavy atom. The largest absolute Gasteiger partial charge is 0.444 e. The third-order valence-electron chi connectivity index (χ3n) is 6.10. The first-order valence-corrected chi connectivity index (χ1v) is 11.5. The molecule has 0 atom stereocenters. The van der Waals surface area contributed by atoms with Gasteiger partial charge in [-0.3, -0.25) is 9.80 Å². The van der Waals surface area contributed by atoms with Gasteiger partial charge in [-0.15, -0.1) is 0 Å². The number of benzene rings is 1. The topological polar surface area (TPSA) is 114 Å². The lowest BCUT2D eigenvalue weighted by atomic mass is 9.89. The molecule has 1 saturated carbocycles. The fourth-order valence-corrected chi connectivity index (χ4v) is 4.61. The highest BCUT2D eigenvalue weighted by Gasteiger charge is 2.40. The van der Waals surface area contributed by atoms with Crippen molar-refractivity contribution in [3.63, 3.8) is 0 Å². The van der Waals surface area contributed by atoms with E-state index in [4.69, 9.17) is 10.5 Å². The highest BCUT2D eigenvalue weighted by molar-refractivity contribution is 6.06. The summed E-state index contributed by atoms with van der Waals surface area (Å²) in [5, 5.41) is 2.92. The van der Waals surface area contributed by atoms with E-state index in [1.165, 1.54) is 11.0 Å². The van der Waals surface area contributed by atoms with Crippen LogP contribution >= 0.6 is 0 Å². The minimum Gasteiger partial charge on any atom is -0.444 e. The van der Waals surface area contributed by atoms with Gasteiger partial charge in [0.1, 0.15) is 17.2 Å². The Kier molecular flexibility index (Phi) is 6.33. The van der Waals surface area contributed by atoms with Crippen LogP contribution in [0.4, 0.5) is 31.4 Å². The van der Waals surface area contributed by atoms with Gasteiger partial charge in [0.15, 0.2) is 0 Å². The molecule has 9 nitrogen and oxygen atoms in total. The number of carbonyl (C=O) groups is 2. The normalized spacial score (nSPS) is 20.7. The zero-order valence-corrected chi connectivity index (χ0v) is 20.0. The Balaban J connectivity index is 1.57. The Bertz CT molecular complexity index is 1070. The number of anilines is 3. The number of alkyl carbamates (subject to hydrolysis) is 1. The first-order chi connectivity index (χ1) is 16.0. The van der Waals surface area contributed by atoms with Crippen molar-refractivity contribution in [2.24, 2.45) is 0 Å². The van der Waals surface area contributed by atoms with Gasteiger partial charge >= 0.3 is 12.1 Å². The molecule has 2 aromatic rings. The van der Waals surface area contributed by atoms with E-state index in [2.05, 4.69) is 15.3 Å². The van der Waals surface area contributed by atoms with E-state index in [9.17, 15) is 14.0 Å². The number of nitrogens with one attached hydrogen (secondary N) is 1. The van der Waals surface area contributed by atoms with E-state index in [0.717, 1.165) is 0 Å². The molecular formula is C24H31FN6O3. The summed E-state index contributed by atoms with van der Waals surface area (Å²) in [5.41, 5.74) is 6.89. The molecule has 2 heterocycles. The number of rotatable bonds is 3.